The third-order valence-corrected chi connectivity index (χ3v) is 5.95. The maximum absolute atomic E-state index is 12.8. The van der Waals surface area contributed by atoms with Crippen LogP contribution in [-0.4, -0.2) is 50.2 Å². The molecule has 5 unspecified atom stereocenters. The Labute approximate surface area is 118 Å². The Morgan fingerprint density at radius 2 is 1.86 bits per heavy atom. The van der Waals surface area contributed by atoms with Crippen molar-refractivity contribution in [2.24, 2.45) is 5.41 Å². The Morgan fingerprint density at radius 3 is 2.43 bits per heavy atom. The van der Waals surface area contributed by atoms with Crippen LogP contribution in [0, 0.1) is 5.41 Å². The SMILES string of the molecule is CC(C)(C(=O)OC1C2CC3C(O2)C1OS3(=O)=O)C(F)(F)F. The molecule has 0 aliphatic carbocycles. The van der Waals surface area contributed by atoms with Crippen molar-refractivity contribution in [2.45, 2.75) is 56.1 Å². The van der Waals surface area contributed by atoms with Crippen molar-refractivity contribution in [1.82, 2.24) is 0 Å². The lowest BCUT2D eigenvalue weighted by atomic mass is 9.91. The highest BCUT2D eigenvalue weighted by Crippen LogP contribution is 2.49. The van der Waals surface area contributed by atoms with E-state index in [2.05, 4.69) is 0 Å². The third-order valence-electron chi connectivity index (χ3n) is 4.26. The zero-order chi connectivity index (χ0) is 15.8. The lowest BCUT2D eigenvalue weighted by Crippen LogP contribution is -2.47. The summed E-state index contributed by atoms with van der Waals surface area (Å²) in [6, 6.07) is 0. The molecule has 0 spiro atoms. The molecule has 0 radical (unpaired) electrons. The zero-order valence-electron chi connectivity index (χ0n) is 11.1. The summed E-state index contributed by atoms with van der Waals surface area (Å²) in [4.78, 5) is 11.8. The molecule has 120 valence electrons. The van der Waals surface area contributed by atoms with Crippen molar-refractivity contribution >= 4 is 16.1 Å². The van der Waals surface area contributed by atoms with Gasteiger partial charge >= 0.3 is 12.1 Å². The lowest BCUT2D eigenvalue weighted by molar-refractivity contribution is -0.229. The summed E-state index contributed by atoms with van der Waals surface area (Å²) >= 11 is 0. The number of alkyl halides is 3. The van der Waals surface area contributed by atoms with Crippen LogP contribution in [0.25, 0.3) is 0 Å². The summed E-state index contributed by atoms with van der Waals surface area (Å²) in [7, 11) is -3.80. The van der Waals surface area contributed by atoms with Gasteiger partial charge in [-0.25, -0.2) is 0 Å². The number of halogens is 3. The van der Waals surface area contributed by atoms with E-state index in [1.54, 1.807) is 0 Å². The first-order valence-electron chi connectivity index (χ1n) is 6.30. The highest BCUT2D eigenvalue weighted by Gasteiger charge is 2.68. The van der Waals surface area contributed by atoms with E-state index in [9.17, 15) is 26.4 Å². The van der Waals surface area contributed by atoms with Gasteiger partial charge in [-0.05, 0) is 20.3 Å². The number of rotatable bonds is 2. The Hall–Kier alpha value is -0.870. The molecule has 5 atom stereocenters. The second-order valence-electron chi connectivity index (χ2n) is 5.96. The number of hydrogen-bond acceptors (Lipinski definition) is 6. The number of ether oxygens (including phenoxy) is 2. The van der Waals surface area contributed by atoms with Crippen LogP contribution in [0.4, 0.5) is 13.2 Å². The van der Waals surface area contributed by atoms with Crippen molar-refractivity contribution < 1.29 is 40.0 Å². The molecule has 2 bridgehead atoms. The first kappa shape index (κ1) is 15.0. The van der Waals surface area contributed by atoms with Gasteiger partial charge in [-0.1, -0.05) is 0 Å². The van der Waals surface area contributed by atoms with Gasteiger partial charge in [0.05, 0.1) is 6.10 Å². The van der Waals surface area contributed by atoms with Crippen LogP contribution in [0.5, 0.6) is 0 Å². The fraction of sp³-hybridized carbons (Fsp3) is 0.909. The zero-order valence-corrected chi connectivity index (χ0v) is 11.9. The van der Waals surface area contributed by atoms with Gasteiger partial charge in [-0.2, -0.15) is 21.6 Å². The normalized spacial score (nSPS) is 40.5. The van der Waals surface area contributed by atoms with Gasteiger partial charge in [0.25, 0.3) is 10.1 Å². The summed E-state index contributed by atoms with van der Waals surface area (Å²) < 4.78 is 76.7. The van der Waals surface area contributed by atoms with E-state index < -0.39 is 57.3 Å². The average molecular weight is 330 g/mol. The van der Waals surface area contributed by atoms with Crippen molar-refractivity contribution in [1.29, 1.82) is 0 Å². The van der Waals surface area contributed by atoms with E-state index >= 15 is 0 Å². The minimum absolute atomic E-state index is 0.0634. The number of carbonyl (C=O) groups is 1. The topological polar surface area (TPSA) is 78.9 Å². The molecule has 0 saturated carbocycles. The maximum Gasteiger partial charge on any atom is 0.404 e. The standard InChI is InChI=1S/C11H13F3O6S/c1-10(2,11(12,13)14)9(15)19-6-4-3-5-7(18-4)8(6)20-21(5,16)17/h4-8H,3H2,1-2H3. The summed E-state index contributed by atoms with van der Waals surface area (Å²) in [5.74, 6) is -1.47. The molecule has 0 aromatic carbocycles. The minimum atomic E-state index is -4.77. The third kappa shape index (κ3) is 1.99. The van der Waals surface area contributed by atoms with Gasteiger partial charge < -0.3 is 9.47 Å². The predicted octanol–water partition coefficient (Wildman–Crippen LogP) is 0.755. The molecule has 3 heterocycles. The monoisotopic (exact) mass is 330 g/mol. The van der Waals surface area contributed by atoms with Crippen LogP contribution >= 0.6 is 0 Å². The van der Waals surface area contributed by atoms with E-state index in [4.69, 9.17) is 13.7 Å². The number of hydrogen-bond donors (Lipinski definition) is 0. The van der Waals surface area contributed by atoms with E-state index in [1.807, 2.05) is 0 Å². The molecule has 3 rings (SSSR count). The van der Waals surface area contributed by atoms with E-state index in [-0.39, 0.29) is 6.42 Å². The van der Waals surface area contributed by atoms with Gasteiger partial charge in [-0.3, -0.25) is 8.98 Å². The summed E-state index contributed by atoms with van der Waals surface area (Å²) in [6.07, 6.45) is -8.40. The molecule has 0 aromatic rings. The van der Waals surface area contributed by atoms with Gasteiger partial charge in [0, 0.05) is 0 Å². The van der Waals surface area contributed by atoms with Crippen LogP contribution < -0.4 is 0 Å². The quantitative estimate of drug-likeness (QED) is 0.549. The molecule has 6 nitrogen and oxygen atoms in total. The summed E-state index contributed by atoms with van der Waals surface area (Å²) in [5, 5.41) is -0.821. The molecule has 0 N–H and O–H groups in total. The highest BCUT2D eigenvalue weighted by molar-refractivity contribution is 7.87. The maximum atomic E-state index is 12.8. The molecule has 3 aliphatic heterocycles. The minimum Gasteiger partial charge on any atom is -0.456 e. The van der Waals surface area contributed by atoms with Gasteiger partial charge in [0.2, 0.25) is 0 Å². The fourth-order valence-corrected chi connectivity index (χ4v) is 4.40. The smallest absolute Gasteiger partial charge is 0.404 e. The molecule has 3 saturated heterocycles. The Balaban J connectivity index is 1.78. The van der Waals surface area contributed by atoms with Crippen molar-refractivity contribution in [3.05, 3.63) is 0 Å². The largest absolute Gasteiger partial charge is 0.456 e. The predicted molar refractivity (Wildman–Crippen MR) is 60.6 cm³/mol. The van der Waals surface area contributed by atoms with Crippen LogP contribution in [-0.2, 0) is 28.6 Å². The van der Waals surface area contributed by atoms with E-state index in [0.717, 1.165) is 0 Å². The van der Waals surface area contributed by atoms with Gasteiger partial charge in [0.1, 0.15) is 17.5 Å². The Bertz CT molecular complexity index is 583. The summed E-state index contributed by atoms with van der Waals surface area (Å²) in [6.45, 7) is 1.41. The highest BCUT2D eigenvalue weighted by atomic mass is 32.2. The van der Waals surface area contributed by atoms with Crippen molar-refractivity contribution in [2.75, 3.05) is 0 Å². The number of fused-ring (bicyclic) bond motifs is 1. The molecule has 21 heavy (non-hydrogen) atoms. The second-order valence-corrected chi connectivity index (χ2v) is 7.74. The van der Waals surface area contributed by atoms with Gasteiger partial charge in [0.15, 0.2) is 11.5 Å². The first-order valence-corrected chi connectivity index (χ1v) is 7.77. The summed E-state index contributed by atoms with van der Waals surface area (Å²) in [5.41, 5.74) is -2.69. The number of carbonyl (C=O) groups excluding carboxylic acids is 1. The molecule has 3 fully saturated rings. The molecular weight excluding hydrogens is 317 g/mol. The molecule has 3 aliphatic rings. The van der Waals surface area contributed by atoms with E-state index in [1.165, 1.54) is 0 Å². The van der Waals surface area contributed by atoms with Crippen LogP contribution in [0.1, 0.15) is 20.3 Å². The Kier molecular flexibility index (Phi) is 2.94. The van der Waals surface area contributed by atoms with Crippen LogP contribution in [0.3, 0.4) is 0 Å². The first-order chi connectivity index (χ1) is 9.45. The van der Waals surface area contributed by atoms with E-state index in [0.29, 0.717) is 13.8 Å². The second kappa shape index (κ2) is 4.11. The molecule has 0 aromatic heterocycles. The molecule has 10 heteroatoms. The van der Waals surface area contributed by atoms with Crippen molar-refractivity contribution in [3.63, 3.8) is 0 Å². The molecule has 0 amide bonds. The fourth-order valence-electron chi connectivity index (χ4n) is 2.75. The Morgan fingerprint density at radius 1 is 1.24 bits per heavy atom. The lowest BCUT2D eigenvalue weighted by Gasteiger charge is -2.29. The average Bonchev–Trinajstić information content (AvgIpc) is 2.91. The van der Waals surface area contributed by atoms with Crippen LogP contribution in [0.15, 0.2) is 0 Å². The number of esters is 1. The van der Waals surface area contributed by atoms with Gasteiger partial charge in [-0.15, -0.1) is 0 Å². The van der Waals surface area contributed by atoms with Crippen molar-refractivity contribution in [3.8, 4) is 0 Å². The van der Waals surface area contributed by atoms with Crippen LogP contribution in [0.2, 0.25) is 0 Å². The molecular formula is C11H13F3O6S.